The van der Waals surface area contributed by atoms with Crippen LogP contribution in [0.4, 0.5) is 0 Å². The molecule has 1 fully saturated rings. The fourth-order valence-electron chi connectivity index (χ4n) is 4.10. The van der Waals surface area contributed by atoms with Gasteiger partial charge in [0, 0.05) is 36.0 Å². The van der Waals surface area contributed by atoms with Crippen LogP contribution in [0.2, 0.25) is 0 Å². The van der Waals surface area contributed by atoms with Gasteiger partial charge >= 0.3 is 0 Å². The van der Waals surface area contributed by atoms with Crippen molar-refractivity contribution in [1.29, 1.82) is 0 Å². The lowest BCUT2D eigenvalue weighted by atomic mass is 9.76. The van der Waals surface area contributed by atoms with Crippen molar-refractivity contribution in [2.75, 3.05) is 6.61 Å². The second-order valence-electron chi connectivity index (χ2n) is 8.21. The van der Waals surface area contributed by atoms with E-state index in [1.54, 1.807) is 0 Å². The Hall–Kier alpha value is -1.09. The molecule has 0 radical (unpaired) electrons. The minimum absolute atomic E-state index is 0.0687. The number of fused-ring (bicyclic) bond motifs is 1. The van der Waals surface area contributed by atoms with Crippen LogP contribution < -0.4 is 0 Å². The number of aryl methyl sites for hydroxylation is 1. The monoisotopic (exact) mass is 289 g/mol. The molecule has 3 nitrogen and oxygen atoms in total. The fourth-order valence-corrected chi connectivity index (χ4v) is 4.10. The Balaban J connectivity index is 2.02. The highest BCUT2D eigenvalue weighted by Crippen LogP contribution is 2.40. The first-order chi connectivity index (χ1) is 9.69. The molecule has 1 aliphatic carbocycles. The second kappa shape index (κ2) is 4.70. The smallest absolute Gasteiger partial charge is 0.165 e. The van der Waals surface area contributed by atoms with Crippen LogP contribution in [0.3, 0.4) is 0 Å². The molecule has 0 aromatic carbocycles. The summed E-state index contributed by atoms with van der Waals surface area (Å²) in [5, 5.41) is 0. The largest absolute Gasteiger partial charge is 0.375 e. The van der Waals surface area contributed by atoms with Gasteiger partial charge in [-0.2, -0.15) is 0 Å². The molecule has 3 rings (SSSR count). The summed E-state index contributed by atoms with van der Waals surface area (Å²) < 4.78 is 8.30. The van der Waals surface area contributed by atoms with E-state index < -0.39 is 0 Å². The summed E-state index contributed by atoms with van der Waals surface area (Å²) in [5.74, 6) is 0.314. The van der Waals surface area contributed by atoms with Crippen LogP contribution in [-0.2, 0) is 11.2 Å². The van der Waals surface area contributed by atoms with Crippen molar-refractivity contribution in [3.63, 3.8) is 0 Å². The van der Waals surface area contributed by atoms with Crippen LogP contribution in [0.5, 0.6) is 0 Å². The quantitative estimate of drug-likeness (QED) is 0.780. The first-order valence-corrected chi connectivity index (χ1v) is 8.06. The first-order valence-electron chi connectivity index (χ1n) is 8.06. The van der Waals surface area contributed by atoms with Crippen molar-refractivity contribution in [3.8, 4) is 0 Å². The molecule has 2 heterocycles. The summed E-state index contributed by atoms with van der Waals surface area (Å²) in [5.41, 5.74) is 3.47. The van der Waals surface area contributed by atoms with E-state index in [0.29, 0.717) is 18.2 Å². The lowest BCUT2D eigenvalue weighted by molar-refractivity contribution is -0.0697. The molecule has 21 heavy (non-hydrogen) atoms. The molecule has 3 heteroatoms. The van der Waals surface area contributed by atoms with E-state index in [1.807, 2.05) is 0 Å². The van der Waals surface area contributed by atoms with Gasteiger partial charge in [-0.25, -0.2) is 0 Å². The number of hydrogen-bond acceptors (Lipinski definition) is 2. The van der Waals surface area contributed by atoms with E-state index in [2.05, 4.69) is 45.3 Å². The molecular formula is C18H27NO2. The topological polar surface area (TPSA) is 31.2 Å². The van der Waals surface area contributed by atoms with Crippen molar-refractivity contribution >= 4 is 5.78 Å². The summed E-state index contributed by atoms with van der Waals surface area (Å²) in [6.45, 7) is 11.7. The van der Waals surface area contributed by atoms with Crippen LogP contribution in [-0.4, -0.2) is 22.6 Å². The normalized spacial score (nSPS) is 27.5. The van der Waals surface area contributed by atoms with Crippen molar-refractivity contribution < 1.29 is 9.53 Å². The highest BCUT2D eigenvalue weighted by molar-refractivity contribution is 5.99. The Morgan fingerprint density at radius 2 is 1.95 bits per heavy atom. The molecule has 1 saturated heterocycles. The highest BCUT2D eigenvalue weighted by Gasteiger charge is 2.37. The Labute approximate surface area is 127 Å². The third-order valence-electron chi connectivity index (χ3n) is 4.96. The molecule has 0 spiro atoms. The van der Waals surface area contributed by atoms with Crippen LogP contribution >= 0.6 is 0 Å². The van der Waals surface area contributed by atoms with Gasteiger partial charge in [-0.15, -0.1) is 0 Å². The van der Waals surface area contributed by atoms with Gasteiger partial charge in [0.15, 0.2) is 5.78 Å². The molecule has 0 amide bonds. The molecule has 1 atom stereocenters. The van der Waals surface area contributed by atoms with Gasteiger partial charge in [-0.3, -0.25) is 4.79 Å². The van der Waals surface area contributed by atoms with Crippen LogP contribution in [0.25, 0.3) is 0 Å². The molecule has 2 aliphatic rings. The number of aromatic nitrogens is 1. The first kappa shape index (κ1) is 14.8. The fraction of sp³-hybridized carbons (Fsp3) is 0.722. The molecule has 1 aromatic rings. The lowest BCUT2D eigenvalue weighted by Gasteiger charge is -2.39. The maximum absolute atomic E-state index is 12.4. The SMILES string of the molecule is Cc1cc2c(n1C1CCOC(C)(C)C1)CC(C)(C)CC2=O. The Morgan fingerprint density at radius 3 is 2.62 bits per heavy atom. The van der Waals surface area contributed by atoms with Crippen molar-refractivity contribution in [2.24, 2.45) is 5.41 Å². The van der Waals surface area contributed by atoms with Gasteiger partial charge in [0.05, 0.1) is 5.60 Å². The molecule has 0 saturated carbocycles. The zero-order chi connectivity index (χ0) is 15.4. The molecule has 1 unspecified atom stereocenters. The highest BCUT2D eigenvalue weighted by atomic mass is 16.5. The Kier molecular flexibility index (Phi) is 3.32. The zero-order valence-electron chi connectivity index (χ0n) is 14.0. The Morgan fingerprint density at radius 1 is 1.24 bits per heavy atom. The minimum atomic E-state index is -0.0687. The molecule has 1 aromatic heterocycles. The van der Waals surface area contributed by atoms with E-state index >= 15 is 0 Å². The van der Waals surface area contributed by atoms with Gasteiger partial charge in [-0.1, -0.05) is 13.8 Å². The van der Waals surface area contributed by atoms with E-state index in [0.717, 1.165) is 31.4 Å². The van der Waals surface area contributed by atoms with Crippen molar-refractivity contribution in [3.05, 3.63) is 23.0 Å². The van der Waals surface area contributed by atoms with Crippen molar-refractivity contribution in [2.45, 2.75) is 71.9 Å². The van der Waals surface area contributed by atoms with Crippen LogP contribution in [0, 0.1) is 12.3 Å². The molecular weight excluding hydrogens is 262 g/mol. The van der Waals surface area contributed by atoms with Gasteiger partial charge in [0.1, 0.15) is 0 Å². The number of nitrogens with zero attached hydrogens (tertiary/aromatic N) is 1. The molecule has 0 N–H and O–H groups in total. The summed E-state index contributed by atoms with van der Waals surface area (Å²) in [4.78, 5) is 12.4. The van der Waals surface area contributed by atoms with Gasteiger partial charge < -0.3 is 9.30 Å². The number of Topliss-reactive ketones (excluding diaryl/α,β-unsaturated/α-hetero) is 1. The number of hydrogen-bond donors (Lipinski definition) is 0. The van der Waals surface area contributed by atoms with E-state index in [-0.39, 0.29) is 11.0 Å². The predicted molar refractivity (Wildman–Crippen MR) is 83.9 cm³/mol. The van der Waals surface area contributed by atoms with Crippen LogP contribution in [0.1, 0.15) is 74.7 Å². The lowest BCUT2D eigenvalue weighted by Crippen LogP contribution is -2.37. The minimum Gasteiger partial charge on any atom is -0.375 e. The Bertz CT molecular complexity index is 580. The number of carbonyl (C=O) groups excluding carboxylic acids is 1. The third-order valence-corrected chi connectivity index (χ3v) is 4.96. The second-order valence-corrected chi connectivity index (χ2v) is 8.21. The van der Waals surface area contributed by atoms with Gasteiger partial charge in [-0.05, 0) is 51.5 Å². The van der Waals surface area contributed by atoms with Gasteiger partial charge in [0.25, 0.3) is 0 Å². The molecule has 0 bridgehead atoms. The van der Waals surface area contributed by atoms with Gasteiger partial charge in [0.2, 0.25) is 0 Å². The average Bonchev–Trinajstić information content (AvgIpc) is 2.63. The number of rotatable bonds is 1. The van der Waals surface area contributed by atoms with Crippen LogP contribution in [0.15, 0.2) is 6.07 Å². The van der Waals surface area contributed by atoms with E-state index in [1.165, 1.54) is 11.4 Å². The molecule has 1 aliphatic heterocycles. The maximum atomic E-state index is 12.4. The maximum Gasteiger partial charge on any atom is 0.165 e. The third kappa shape index (κ3) is 2.68. The summed E-state index contributed by atoms with van der Waals surface area (Å²) >= 11 is 0. The number of ether oxygens (including phenoxy) is 1. The van der Waals surface area contributed by atoms with E-state index in [4.69, 9.17) is 4.74 Å². The number of ketones is 1. The summed E-state index contributed by atoms with van der Waals surface area (Å²) in [6.07, 6.45) is 3.73. The summed E-state index contributed by atoms with van der Waals surface area (Å²) in [6, 6.07) is 2.56. The van der Waals surface area contributed by atoms with E-state index in [9.17, 15) is 4.79 Å². The molecule has 116 valence electrons. The standard InChI is InChI=1S/C18H27NO2/c1-12-8-14-15(10-17(2,3)11-16(14)20)19(12)13-6-7-21-18(4,5)9-13/h8,13H,6-7,9-11H2,1-5H3. The number of carbonyl (C=O) groups is 1. The zero-order valence-corrected chi connectivity index (χ0v) is 14.0. The summed E-state index contributed by atoms with van der Waals surface area (Å²) in [7, 11) is 0. The average molecular weight is 289 g/mol. The van der Waals surface area contributed by atoms with Crippen molar-refractivity contribution in [1.82, 2.24) is 4.57 Å². The predicted octanol–water partition coefficient (Wildman–Crippen LogP) is 4.08.